The standard InChI is InChI=1S/C40H27N5/c1-40(2)32-13-5-8-17-37(32)45(38-18-9-6-14-33(38)40)29-22-27(39-26(24-41)11-10-15-34(39)42-3)21-28(23-29)44-35-16-7-4-12-30(35)31-25-43-20-19-36(31)44/h4-23,25H,1-2H3. The largest absolute Gasteiger partial charge is 0.310 e. The van der Waals surface area contributed by atoms with E-state index in [4.69, 9.17) is 6.57 Å². The van der Waals surface area contributed by atoms with E-state index in [0.717, 1.165) is 50.1 Å². The molecule has 0 radical (unpaired) electrons. The molecule has 0 unspecified atom stereocenters. The minimum Gasteiger partial charge on any atom is -0.310 e. The second-order valence-corrected chi connectivity index (χ2v) is 11.9. The molecule has 0 saturated carbocycles. The Balaban J connectivity index is 1.50. The molecule has 5 nitrogen and oxygen atoms in total. The van der Waals surface area contributed by atoms with E-state index < -0.39 is 0 Å². The van der Waals surface area contributed by atoms with Crippen LogP contribution in [0.2, 0.25) is 0 Å². The summed E-state index contributed by atoms with van der Waals surface area (Å²) >= 11 is 0. The molecule has 0 saturated heterocycles. The Morgan fingerprint density at radius 3 is 2.13 bits per heavy atom. The summed E-state index contributed by atoms with van der Waals surface area (Å²) in [4.78, 5) is 10.6. The van der Waals surface area contributed by atoms with Crippen molar-refractivity contribution in [3.8, 4) is 22.9 Å². The van der Waals surface area contributed by atoms with Crippen molar-refractivity contribution >= 4 is 44.6 Å². The first kappa shape index (κ1) is 26.5. The van der Waals surface area contributed by atoms with Gasteiger partial charge in [0.25, 0.3) is 0 Å². The molecule has 212 valence electrons. The molecule has 0 N–H and O–H groups in total. The fraction of sp³-hybridized carbons (Fsp3) is 0.0750. The monoisotopic (exact) mass is 577 g/mol. The molecule has 2 aromatic heterocycles. The SMILES string of the molecule is [C-]#[N+]c1cccc(C#N)c1-c1cc(N2c3ccccc3C(C)(C)c3ccccc32)cc(-n2c3ccccc3c3cnccc32)c1. The second-order valence-electron chi connectivity index (χ2n) is 11.9. The number of rotatable bonds is 3. The predicted molar refractivity (Wildman–Crippen MR) is 182 cm³/mol. The van der Waals surface area contributed by atoms with Crippen LogP contribution in [0.3, 0.4) is 0 Å². The molecule has 0 spiro atoms. The molecule has 0 amide bonds. The van der Waals surface area contributed by atoms with Crippen molar-refractivity contribution in [2.75, 3.05) is 4.90 Å². The Morgan fingerprint density at radius 1 is 0.733 bits per heavy atom. The summed E-state index contributed by atoms with van der Waals surface area (Å²) in [6, 6.07) is 41.7. The summed E-state index contributed by atoms with van der Waals surface area (Å²) in [5, 5.41) is 12.4. The highest BCUT2D eigenvalue weighted by Gasteiger charge is 2.36. The van der Waals surface area contributed by atoms with Gasteiger partial charge >= 0.3 is 0 Å². The summed E-state index contributed by atoms with van der Waals surface area (Å²) in [6.07, 6.45) is 3.74. The smallest absolute Gasteiger partial charge is 0.196 e. The van der Waals surface area contributed by atoms with Gasteiger partial charge in [-0.15, -0.1) is 0 Å². The van der Waals surface area contributed by atoms with Crippen molar-refractivity contribution in [1.82, 2.24) is 9.55 Å². The molecule has 5 aromatic carbocycles. The van der Waals surface area contributed by atoms with Crippen molar-refractivity contribution in [2.45, 2.75) is 19.3 Å². The summed E-state index contributed by atoms with van der Waals surface area (Å²) < 4.78 is 2.26. The molecule has 45 heavy (non-hydrogen) atoms. The summed E-state index contributed by atoms with van der Waals surface area (Å²) in [5.74, 6) is 0. The lowest BCUT2D eigenvalue weighted by atomic mass is 9.73. The maximum Gasteiger partial charge on any atom is 0.196 e. The van der Waals surface area contributed by atoms with Gasteiger partial charge in [-0.1, -0.05) is 80.6 Å². The first-order valence-electron chi connectivity index (χ1n) is 14.9. The van der Waals surface area contributed by atoms with Crippen LogP contribution in [-0.4, -0.2) is 9.55 Å². The lowest BCUT2D eigenvalue weighted by Gasteiger charge is -2.42. The van der Waals surface area contributed by atoms with E-state index in [1.165, 1.54) is 11.1 Å². The van der Waals surface area contributed by atoms with Gasteiger partial charge in [0, 0.05) is 51.1 Å². The fourth-order valence-electron chi connectivity index (χ4n) is 7.07. The Kier molecular flexibility index (Phi) is 5.85. The second kappa shape index (κ2) is 9.95. The molecule has 1 aliphatic rings. The van der Waals surface area contributed by atoms with Crippen LogP contribution in [0.25, 0.3) is 43.5 Å². The number of anilines is 3. The van der Waals surface area contributed by atoms with Gasteiger partial charge in [-0.2, -0.15) is 5.26 Å². The van der Waals surface area contributed by atoms with Gasteiger partial charge in [0.05, 0.1) is 35.0 Å². The van der Waals surface area contributed by atoms with Gasteiger partial charge in [-0.3, -0.25) is 4.98 Å². The van der Waals surface area contributed by atoms with Gasteiger partial charge in [0.1, 0.15) is 0 Å². The first-order valence-corrected chi connectivity index (χ1v) is 14.9. The molecule has 5 heteroatoms. The zero-order chi connectivity index (χ0) is 30.7. The van der Waals surface area contributed by atoms with E-state index in [0.29, 0.717) is 16.8 Å². The number of pyridine rings is 1. The molecular formula is C40H27N5. The quantitative estimate of drug-likeness (QED) is 0.196. The number of para-hydroxylation sites is 3. The van der Waals surface area contributed by atoms with Crippen LogP contribution in [-0.2, 0) is 5.41 Å². The van der Waals surface area contributed by atoms with Gasteiger partial charge < -0.3 is 9.47 Å². The summed E-state index contributed by atoms with van der Waals surface area (Å²) in [7, 11) is 0. The Hall–Kier alpha value is -6.17. The maximum atomic E-state index is 10.2. The van der Waals surface area contributed by atoms with E-state index in [9.17, 15) is 5.26 Å². The average molecular weight is 578 g/mol. The van der Waals surface area contributed by atoms with Crippen LogP contribution in [0.15, 0.2) is 128 Å². The van der Waals surface area contributed by atoms with Crippen LogP contribution >= 0.6 is 0 Å². The third kappa shape index (κ3) is 3.88. The van der Waals surface area contributed by atoms with Crippen LogP contribution < -0.4 is 4.90 Å². The highest BCUT2D eigenvalue weighted by Crippen LogP contribution is 2.52. The molecule has 1 aliphatic heterocycles. The number of fused-ring (bicyclic) bond motifs is 5. The van der Waals surface area contributed by atoms with E-state index in [1.54, 1.807) is 18.2 Å². The molecule has 0 fully saturated rings. The first-order chi connectivity index (χ1) is 22.0. The van der Waals surface area contributed by atoms with Crippen molar-refractivity contribution in [1.29, 1.82) is 5.26 Å². The van der Waals surface area contributed by atoms with Crippen molar-refractivity contribution in [2.24, 2.45) is 0 Å². The van der Waals surface area contributed by atoms with Gasteiger partial charge in [0.2, 0.25) is 0 Å². The zero-order valence-electron chi connectivity index (χ0n) is 24.9. The number of hydrogen-bond acceptors (Lipinski definition) is 3. The predicted octanol–water partition coefficient (Wildman–Crippen LogP) is 10.4. The number of aromatic nitrogens is 2. The third-order valence-corrected chi connectivity index (χ3v) is 9.10. The van der Waals surface area contributed by atoms with E-state index in [1.807, 2.05) is 18.5 Å². The maximum absolute atomic E-state index is 10.2. The summed E-state index contributed by atoms with van der Waals surface area (Å²) in [5.41, 5.74) is 10.8. The third-order valence-electron chi connectivity index (χ3n) is 9.10. The van der Waals surface area contributed by atoms with Crippen LogP contribution in [0.5, 0.6) is 0 Å². The number of benzene rings is 5. The molecule has 7 aromatic rings. The molecule has 0 aliphatic carbocycles. The van der Waals surface area contributed by atoms with Crippen LogP contribution in [0.1, 0.15) is 30.5 Å². The van der Waals surface area contributed by atoms with E-state index in [-0.39, 0.29) is 5.41 Å². The average Bonchev–Trinajstić information content (AvgIpc) is 3.42. The Morgan fingerprint density at radius 2 is 1.40 bits per heavy atom. The van der Waals surface area contributed by atoms with Gasteiger partial charge in [-0.25, -0.2) is 4.85 Å². The molecule has 3 heterocycles. The molecule has 0 bridgehead atoms. The molecule has 8 rings (SSSR count). The Labute approximate surface area is 261 Å². The van der Waals surface area contributed by atoms with Gasteiger partial charge in [0.15, 0.2) is 5.69 Å². The highest BCUT2D eigenvalue weighted by atomic mass is 15.2. The number of nitrogens with zero attached hydrogens (tertiary/aromatic N) is 5. The highest BCUT2D eigenvalue weighted by molar-refractivity contribution is 6.09. The minimum absolute atomic E-state index is 0.200. The van der Waals surface area contributed by atoms with Crippen molar-refractivity contribution < 1.29 is 0 Å². The van der Waals surface area contributed by atoms with Crippen LogP contribution in [0.4, 0.5) is 22.7 Å². The minimum atomic E-state index is -0.200. The topological polar surface area (TPSA) is 49.2 Å². The van der Waals surface area contributed by atoms with Gasteiger partial charge in [-0.05, 0) is 65.2 Å². The lowest BCUT2D eigenvalue weighted by Crippen LogP contribution is -2.30. The Bertz CT molecular complexity index is 2260. The summed E-state index contributed by atoms with van der Waals surface area (Å²) in [6.45, 7) is 12.6. The van der Waals surface area contributed by atoms with Crippen molar-refractivity contribution in [3.05, 3.63) is 156 Å². The zero-order valence-corrected chi connectivity index (χ0v) is 24.9. The van der Waals surface area contributed by atoms with E-state index in [2.05, 4.69) is 130 Å². The lowest BCUT2D eigenvalue weighted by molar-refractivity contribution is 0.632. The van der Waals surface area contributed by atoms with Crippen LogP contribution in [0, 0.1) is 17.9 Å². The molecular weight excluding hydrogens is 550 g/mol. The molecule has 0 atom stereocenters. The van der Waals surface area contributed by atoms with Crippen molar-refractivity contribution in [3.63, 3.8) is 0 Å². The fourth-order valence-corrected chi connectivity index (χ4v) is 7.07. The van der Waals surface area contributed by atoms with E-state index >= 15 is 0 Å². The normalized spacial score (nSPS) is 13.2. The number of hydrogen-bond donors (Lipinski definition) is 0. The number of nitriles is 1.